The molecule has 0 spiro atoms. The van der Waals surface area contributed by atoms with E-state index in [9.17, 15) is 0 Å². The van der Waals surface area contributed by atoms with Crippen molar-refractivity contribution >= 4 is 15.9 Å². The smallest absolute Gasteiger partial charge is 0.0495 e. The van der Waals surface area contributed by atoms with Crippen LogP contribution in [-0.2, 0) is 4.74 Å². The van der Waals surface area contributed by atoms with E-state index in [4.69, 9.17) is 4.74 Å². The number of hydrogen-bond acceptors (Lipinski definition) is 1. The molecule has 0 aromatic rings. The van der Waals surface area contributed by atoms with Crippen molar-refractivity contribution in [2.75, 3.05) is 13.2 Å². The lowest BCUT2D eigenvalue weighted by Gasteiger charge is -2.09. The van der Waals surface area contributed by atoms with Crippen molar-refractivity contribution in [2.45, 2.75) is 37.4 Å². The molecule has 2 atom stereocenters. The quantitative estimate of drug-likeness (QED) is 0.663. The van der Waals surface area contributed by atoms with Crippen LogP contribution in [0.25, 0.3) is 0 Å². The van der Waals surface area contributed by atoms with Gasteiger partial charge in [-0.15, -0.1) is 0 Å². The Labute approximate surface area is 77.6 Å². The molecule has 1 heterocycles. The molecule has 0 N–H and O–H groups in total. The molecule has 0 saturated carbocycles. The van der Waals surface area contributed by atoms with Crippen LogP contribution < -0.4 is 0 Å². The molecule has 1 aliphatic heterocycles. The van der Waals surface area contributed by atoms with E-state index in [1.165, 1.54) is 25.7 Å². The predicted molar refractivity (Wildman–Crippen MR) is 51.2 cm³/mol. The number of hydrogen-bond donors (Lipinski definition) is 0. The maximum absolute atomic E-state index is 5.31. The number of halogens is 1. The molecule has 0 radical (unpaired) electrons. The van der Waals surface area contributed by atoms with Crippen LogP contribution in [0.4, 0.5) is 0 Å². The molecule has 0 bridgehead atoms. The molecule has 1 saturated heterocycles. The highest BCUT2D eigenvalue weighted by atomic mass is 79.9. The predicted octanol–water partition coefficient (Wildman–Crippen LogP) is 2.98. The van der Waals surface area contributed by atoms with E-state index in [0.29, 0.717) is 0 Å². The van der Waals surface area contributed by atoms with Crippen LogP contribution in [0.5, 0.6) is 0 Å². The average molecular weight is 221 g/mol. The van der Waals surface area contributed by atoms with Gasteiger partial charge in [-0.1, -0.05) is 22.9 Å². The summed E-state index contributed by atoms with van der Waals surface area (Å²) in [6, 6.07) is 0. The summed E-state index contributed by atoms with van der Waals surface area (Å²) < 4.78 is 5.31. The normalized spacial score (nSPS) is 27.3. The molecule has 66 valence electrons. The van der Waals surface area contributed by atoms with Gasteiger partial charge in [0.1, 0.15) is 0 Å². The van der Waals surface area contributed by atoms with Gasteiger partial charge in [-0.05, 0) is 31.6 Å². The van der Waals surface area contributed by atoms with Crippen LogP contribution in [0.2, 0.25) is 0 Å². The van der Waals surface area contributed by atoms with Crippen molar-refractivity contribution in [1.29, 1.82) is 0 Å². The van der Waals surface area contributed by atoms with Gasteiger partial charge in [-0.25, -0.2) is 0 Å². The lowest BCUT2D eigenvalue weighted by Crippen LogP contribution is -2.03. The van der Waals surface area contributed by atoms with Gasteiger partial charge >= 0.3 is 0 Å². The Bertz CT molecular complexity index is 99.7. The van der Waals surface area contributed by atoms with Crippen molar-refractivity contribution < 1.29 is 4.74 Å². The second-order valence-electron chi connectivity index (χ2n) is 3.31. The van der Waals surface area contributed by atoms with Crippen LogP contribution in [0.3, 0.4) is 0 Å². The molecule has 1 nitrogen and oxygen atoms in total. The minimum absolute atomic E-state index is 0.725. The Morgan fingerprint density at radius 3 is 3.00 bits per heavy atom. The molecule has 2 unspecified atom stereocenters. The number of ether oxygens (including phenoxy) is 1. The van der Waals surface area contributed by atoms with E-state index in [1.807, 2.05) is 0 Å². The van der Waals surface area contributed by atoms with Crippen LogP contribution in [0, 0.1) is 5.92 Å². The molecular formula is C9H17BrO. The van der Waals surface area contributed by atoms with Crippen molar-refractivity contribution in [3.8, 4) is 0 Å². The fourth-order valence-electron chi connectivity index (χ4n) is 1.43. The number of rotatable bonds is 4. The Balaban J connectivity index is 2.01. The third-order valence-corrected chi connectivity index (χ3v) is 3.46. The Hall–Kier alpha value is 0.440. The summed E-state index contributed by atoms with van der Waals surface area (Å²) in [6.07, 6.45) is 5.17. The minimum Gasteiger partial charge on any atom is -0.381 e. The first-order valence-corrected chi connectivity index (χ1v) is 5.46. The standard InChI is InChI=1S/C9H17BrO/c1-2-9(10)4-3-8-5-6-11-7-8/h8-9H,2-7H2,1H3. The van der Waals surface area contributed by atoms with Gasteiger partial charge in [0.15, 0.2) is 0 Å². The second kappa shape index (κ2) is 5.15. The first-order chi connectivity index (χ1) is 5.33. The molecule has 2 heteroatoms. The monoisotopic (exact) mass is 220 g/mol. The van der Waals surface area contributed by atoms with Crippen LogP contribution in [0.15, 0.2) is 0 Å². The Morgan fingerprint density at radius 2 is 2.45 bits per heavy atom. The highest BCUT2D eigenvalue weighted by molar-refractivity contribution is 9.09. The summed E-state index contributed by atoms with van der Waals surface area (Å²) in [5, 5.41) is 0. The van der Waals surface area contributed by atoms with E-state index in [-0.39, 0.29) is 0 Å². The van der Waals surface area contributed by atoms with Gasteiger partial charge in [0.2, 0.25) is 0 Å². The summed E-state index contributed by atoms with van der Waals surface area (Å²) in [5.41, 5.74) is 0. The largest absolute Gasteiger partial charge is 0.381 e. The SMILES string of the molecule is CCC(Br)CCC1CCOC1. The molecule has 1 rings (SSSR count). The molecule has 1 aliphatic rings. The summed E-state index contributed by atoms with van der Waals surface area (Å²) in [5.74, 6) is 0.849. The Kier molecular flexibility index (Phi) is 4.46. The zero-order valence-electron chi connectivity index (χ0n) is 7.18. The maximum Gasteiger partial charge on any atom is 0.0495 e. The fourth-order valence-corrected chi connectivity index (χ4v) is 1.70. The van der Waals surface area contributed by atoms with Gasteiger partial charge in [0.25, 0.3) is 0 Å². The van der Waals surface area contributed by atoms with E-state index in [0.717, 1.165) is 24.0 Å². The van der Waals surface area contributed by atoms with Crippen LogP contribution >= 0.6 is 15.9 Å². The van der Waals surface area contributed by atoms with Gasteiger partial charge in [0.05, 0.1) is 0 Å². The van der Waals surface area contributed by atoms with Crippen molar-refractivity contribution in [1.82, 2.24) is 0 Å². The van der Waals surface area contributed by atoms with Gasteiger partial charge in [0, 0.05) is 18.0 Å². The molecule has 1 fully saturated rings. The van der Waals surface area contributed by atoms with Crippen molar-refractivity contribution in [2.24, 2.45) is 5.92 Å². The second-order valence-corrected chi connectivity index (χ2v) is 4.61. The van der Waals surface area contributed by atoms with Gasteiger partial charge in [-0.3, -0.25) is 0 Å². The van der Waals surface area contributed by atoms with E-state index in [2.05, 4.69) is 22.9 Å². The molecule has 0 amide bonds. The summed E-state index contributed by atoms with van der Waals surface area (Å²) in [4.78, 5) is 0.725. The van der Waals surface area contributed by atoms with E-state index >= 15 is 0 Å². The summed E-state index contributed by atoms with van der Waals surface area (Å²) in [7, 11) is 0. The van der Waals surface area contributed by atoms with Gasteiger partial charge < -0.3 is 4.74 Å². The van der Waals surface area contributed by atoms with Crippen molar-refractivity contribution in [3.63, 3.8) is 0 Å². The van der Waals surface area contributed by atoms with E-state index in [1.54, 1.807) is 0 Å². The van der Waals surface area contributed by atoms with Crippen LogP contribution in [0.1, 0.15) is 32.6 Å². The minimum atomic E-state index is 0.725. The molecular weight excluding hydrogens is 204 g/mol. The molecule has 0 aromatic carbocycles. The van der Waals surface area contributed by atoms with E-state index < -0.39 is 0 Å². The Morgan fingerprint density at radius 1 is 1.64 bits per heavy atom. The zero-order valence-corrected chi connectivity index (χ0v) is 8.77. The summed E-state index contributed by atoms with van der Waals surface area (Å²) >= 11 is 3.64. The van der Waals surface area contributed by atoms with Crippen LogP contribution in [-0.4, -0.2) is 18.0 Å². The molecule has 11 heavy (non-hydrogen) atoms. The maximum atomic E-state index is 5.31. The highest BCUT2D eigenvalue weighted by Crippen LogP contribution is 2.22. The number of alkyl halides is 1. The third kappa shape index (κ3) is 3.57. The lowest BCUT2D eigenvalue weighted by atomic mass is 10.0. The molecule has 0 aliphatic carbocycles. The lowest BCUT2D eigenvalue weighted by molar-refractivity contribution is 0.184. The highest BCUT2D eigenvalue weighted by Gasteiger charge is 2.16. The summed E-state index contributed by atoms with van der Waals surface area (Å²) in [6.45, 7) is 4.22. The molecule has 0 aromatic heterocycles. The van der Waals surface area contributed by atoms with Gasteiger partial charge in [-0.2, -0.15) is 0 Å². The topological polar surface area (TPSA) is 9.23 Å². The third-order valence-electron chi connectivity index (χ3n) is 2.36. The first kappa shape index (κ1) is 9.53. The zero-order chi connectivity index (χ0) is 8.10. The first-order valence-electron chi connectivity index (χ1n) is 4.54. The average Bonchev–Trinajstić information content (AvgIpc) is 2.52. The fraction of sp³-hybridized carbons (Fsp3) is 1.00. The van der Waals surface area contributed by atoms with Crippen molar-refractivity contribution in [3.05, 3.63) is 0 Å².